The van der Waals surface area contributed by atoms with Crippen molar-refractivity contribution in [3.63, 3.8) is 0 Å². The largest absolute Gasteiger partial charge is 0.298 e. The molecule has 1 heterocycles. The maximum absolute atomic E-state index is 12.1. The van der Waals surface area contributed by atoms with E-state index in [1.54, 1.807) is 24.3 Å². The van der Waals surface area contributed by atoms with Crippen LogP contribution in [0.1, 0.15) is 10.4 Å². The van der Waals surface area contributed by atoms with Gasteiger partial charge in [0.1, 0.15) is 0 Å². The van der Waals surface area contributed by atoms with Crippen LogP contribution >= 0.6 is 38.9 Å². The van der Waals surface area contributed by atoms with Crippen molar-refractivity contribution in [2.45, 2.75) is 0 Å². The predicted molar refractivity (Wildman–Crippen MR) is 86.7 cm³/mol. The number of halogens is 2. The Morgan fingerprint density at radius 1 is 1.20 bits per heavy atom. The standard InChI is InChI=1S/C14H8BrClN2OS/c15-10-2-1-3-11-12(10)17-14(20-11)18-13(19)8-4-6-9(16)7-5-8/h1-7H,(H,17,18,19). The number of para-hydroxylation sites is 1. The van der Waals surface area contributed by atoms with E-state index in [2.05, 4.69) is 26.2 Å². The molecule has 0 unspecified atom stereocenters. The van der Waals surface area contributed by atoms with E-state index in [9.17, 15) is 4.79 Å². The molecule has 20 heavy (non-hydrogen) atoms. The smallest absolute Gasteiger partial charge is 0.257 e. The van der Waals surface area contributed by atoms with E-state index < -0.39 is 0 Å². The van der Waals surface area contributed by atoms with Gasteiger partial charge in [-0.05, 0) is 52.3 Å². The number of amides is 1. The van der Waals surface area contributed by atoms with Crippen LogP contribution in [0.4, 0.5) is 5.13 Å². The number of rotatable bonds is 2. The zero-order chi connectivity index (χ0) is 14.1. The van der Waals surface area contributed by atoms with E-state index in [0.717, 1.165) is 14.7 Å². The van der Waals surface area contributed by atoms with Gasteiger partial charge >= 0.3 is 0 Å². The molecular weight excluding hydrogens is 360 g/mol. The molecule has 0 aliphatic rings. The first kappa shape index (κ1) is 13.5. The van der Waals surface area contributed by atoms with Crippen molar-refractivity contribution in [3.8, 4) is 0 Å². The maximum atomic E-state index is 12.1. The summed E-state index contributed by atoms with van der Waals surface area (Å²) in [6.45, 7) is 0. The summed E-state index contributed by atoms with van der Waals surface area (Å²) in [5.74, 6) is -0.197. The average Bonchev–Trinajstić information content (AvgIpc) is 2.83. The Morgan fingerprint density at radius 2 is 1.95 bits per heavy atom. The molecule has 100 valence electrons. The van der Waals surface area contributed by atoms with E-state index in [1.165, 1.54) is 11.3 Å². The number of fused-ring (bicyclic) bond motifs is 1. The molecular formula is C14H8BrClN2OS. The van der Waals surface area contributed by atoms with Gasteiger partial charge in [-0.15, -0.1) is 0 Å². The van der Waals surface area contributed by atoms with Crippen LogP contribution < -0.4 is 5.32 Å². The van der Waals surface area contributed by atoms with Gasteiger partial charge < -0.3 is 0 Å². The Kier molecular flexibility index (Phi) is 3.74. The molecule has 1 aromatic heterocycles. The molecule has 0 saturated carbocycles. The van der Waals surface area contributed by atoms with Crippen LogP contribution in [-0.4, -0.2) is 10.9 Å². The maximum Gasteiger partial charge on any atom is 0.257 e. The number of hydrogen-bond acceptors (Lipinski definition) is 3. The van der Waals surface area contributed by atoms with E-state index in [1.807, 2.05) is 18.2 Å². The number of nitrogens with one attached hydrogen (secondary N) is 1. The van der Waals surface area contributed by atoms with Crippen LogP contribution in [0.25, 0.3) is 10.2 Å². The van der Waals surface area contributed by atoms with Gasteiger partial charge in [0.15, 0.2) is 5.13 Å². The number of benzene rings is 2. The molecule has 2 aromatic carbocycles. The third-order valence-corrected chi connectivity index (χ3v) is 4.52. The molecule has 6 heteroatoms. The Balaban J connectivity index is 1.87. The second-order valence-corrected chi connectivity index (χ2v) is 6.39. The van der Waals surface area contributed by atoms with Crippen LogP contribution in [-0.2, 0) is 0 Å². The van der Waals surface area contributed by atoms with E-state index >= 15 is 0 Å². The lowest BCUT2D eigenvalue weighted by molar-refractivity contribution is 0.102. The number of anilines is 1. The summed E-state index contributed by atoms with van der Waals surface area (Å²) >= 11 is 10.7. The van der Waals surface area contributed by atoms with Gasteiger partial charge in [0.25, 0.3) is 5.91 Å². The Hall–Kier alpha value is -1.43. The molecule has 0 fully saturated rings. The number of nitrogens with zero attached hydrogens (tertiary/aromatic N) is 1. The second kappa shape index (κ2) is 5.52. The molecule has 0 saturated heterocycles. The fourth-order valence-electron chi connectivity index (χ4n) is 1.74. The summed E-state index contributed by atoms with van der Waals surface area (Å²) < 4.78 is 1.93. The minimum Gasteiger partial charge on any atom is -0.298 e. The van der Waals surface area contributed by atoms with Crippen molar-refractivity contribution >= 4 is 60.1 Å². The van der Waals surface area contributed by atoms with E-state index in [4.69, 9.17) is 11.6 Å². The van der Waals surface area contributed by atoms with Crippen LogP contribution in [0.15, 0.2) is 46.9 Å². The number of aromatic nitrogens is 1. The number of carbonyl (C=O) groups excluding carboxylic acids is 1. The highest BCUT2D eigenvalue weighted by atomic mass is 79.9. The Morgan fingerprint density at radius 3 is 2.65 bits per heavy atom. The van der Waals surface area contributed by atoms with Crippen LogP contribution in [0.5, 0.6) is 0 Å². The zero-order valence-corrected chi connectivity index (χ0v) is 13.2. The van der Waals surface area contributed by atoms with Gasteiger partial charge in [-0.1, -0.05) is 29.0 Å². The number of carbonyl (C=O) groups is 1. The van der Waals surface area contributed by atoms with Crippen molar-refractivity contribution in [1.82, 2.24) is 4.98 Å². The third kappa shape index (κ3) is 2.70. The van der Waals surface area contributed by atoms with Gasteiger partial charge in [0, 0.05) is 15.1 Å². The van der Waals surface area contributed by atoms with Crippen molar-refractivity contribution in [1.29, 1.82) is 0 Å². The minimum absolute atomic E-state index is 0.197. The third-order valence-electron chi connectivity index (χ3n) is 2.70. The molecule has 3 nitrogen and oxygen atoms in total. The monoisotopic (exact) mass is 366 g/mol. The highest BCUT2D eigenvalue weighted by molar-refractivity contribution is 9.10. The summed E-state index contributed by atoms with van der Waals surface area (Å²) in [6, 6.07) is 12.6. The fourth-order valence-corrected chi connectivity index (χ4v) is 3.34. The first-order chi connectivity index (χ1) is 9.63. The molecule has 3 rings (SSSR count). The molecule has 1 amide bonds. The zero-order valence-electron chi connectivity index (χ0n) is 10.1. The second-order valence-electron chi connectivity index (χ2n) is 4.07. The molecule has 0 radical (unpaired) electrons. The SMILES string of the molecule is O=C(Nc1nc2c(Br)cccc2s1)c1ccc(Cl)cc1. The molecule has 0 atom stereocenters. The lowest BCUT2D eigenvalue weighted by Gasteiger charge is -2.01. The minimum atomic E-state index is -0.197. The Labute approximate surface area is 132 Å². The van der Waals surface area contributed by atoms with Gasteiger partial charge in [0.05, 0.1) is 10.2 Å². The Bertz CT molecular complexity index is 785. The first-order valence-corrected chi connectivity index (χ1v) is 7.74. The van der Waals surface area contributed by atoms with Gasteiger partial charge in [-0.2, -0.15) is 0 Å². The fraction of sp³-hybridized carbons (Fsp3) is 0. The van der Waals surface area contributed by atoms with E-state index in [-0.39, 0.29) is 5.91 Å². The average molecular weight is 368 g/mol. The van der Waals surface area contributed by atoms with Crippen molar-refractivity contribution in [3.05, 3.63) is 57.5 Å². The summed E-state index contributed by atoms with van der Waals surface area (Å²) in [6.07, 6.45) is 0. The summed E-state index contributed by atoms with van der Waals surface area (Å²) in [5.41, 5.74) is 1.40. The topological polar surface area (TPSA) is 42.0 Å². The molecule has 0 spiro atoms. The van der Waals surface area contributed by atoms with E-state index in [0.29, 0.717) is 15.7 Å². The van der Waals surface area contributed by atoms with Crippen molar-refractivity contribution in [2.24, 2.45) is 0 Å². The molecule has 0 aliphatic heterocycles. The number of hydrogen-bond donors (Lipinski definition) is 1. The lowest BCUT2D eigenvalue weighted by atomic mass is 10.2. The summed E-state index contributed by atoms with van der Waals surface area (Å²) in [7, 11) is 0. The number of thiazole rings is 1. The van der Waals surface area contributed by atoms with Gasteiger partial charge in [-0.3, -0.25) is 10.1 Å². The lowest BCUT2D eigenvalue weighted by Crippen LogP contribution is -2.11. The van der Waals surface area contributed by atoms with Gasteiger partial charge in [-0.25, -0.2) is 4.98 Å². The predicted octanol–water partition coefficient (Wildman–Crippen LogP) is 4.96. The van der Waals surface area contributed by atoms with Crippen LogP contribution in [0, 0.1) is 0 Å². The highest BCUT2D eigenvalue weighted by Crippen LogP contribution is 2.31. The molecule has 0 bridgehead atoms. The molecule has 3 aromatic rings. The quantitative estimate of drug-likeness (QED) is 0.695. The summed E-state index contributed by atoms with van der Waals surface area (Å²) in [5, 5.41) is 3.98. The van der Waals surface area contributed by atoms with Crippen molar-refractivity contribution in [2.75, 3.05) is 5.32 Å². The summed E-state index contributed by atoms with van der Waals surface area (Å²) in [4.78, 5) is 16.5. The molecule has 1 N–H and O–H groups in total. The van der Waals surface area contributed by atoms with Crippen LogP contribution in [0.2, 0.25) is 5.02 Å². The normalized spacial score (nSPS) is 10.7. The molecule has 0 aliphatic carbocycles. The highest BCUT2D eigenvalue weighted by Gasteiger charge is 2.11. The van der Waals surface area contributed by atoms with Crippen LogP contribution in [0.3, 0.4) is 0 Å². The van der Waals surface area contributed by atoms with Gasteiger partial charge in [0.2, 0.25) is 0 Å². The van der Waals surface area contributed by atoms with Crippen molar-refractivity contribution < 1.29 is 4.79 Å². The first-order valence-electron chi connectivity index (χ1n) is 5.75.